The van der Waals surface area contributed by atoms with Gasteiger partial charge in [-0.25, -0.2) is 4.79 Å². The van der Waals surface area contributed by atoms with Crippen LogP contribution in [0.1, 0.15) is 29.6 Å². The van der Waals surface area contributed by atoms with E-state index < -0.39 is 12.6 Å². The molecule has 1 aromatic rings. The van der Waals surface area contributed by atoms with Crippen LogP contribution in [0.3, 0.4) is 0 Å². The van der Waals surface area contributed by atoms with Crippen LogP contribution in [0.5, 0.6) is 5.75 Å². The zero-order valence-electron chi connectivity index (χ0n) is 11.7. The lowest BCUT2D eigenvalue weighted by Crippen LogP contribution is -2.28. The van der Waals surface area contributed by atoms with Gasteiger partial charge >= 0.3 is 12.6 Å². The van der Waals surface area contributed by atoms with E-state index in [1.807, 2.05) is 0 Å². The van der Waals surface area contributed by atoms with Crippen molar-refractivity contribution < 1.29 is 23.0 Å². The van der Waals surface area contributed by atoms with E-state index in [1.54, 1.807) is 0 Å². The van der Waals surface area contributed by atoms with Gasteiger partial charge in [0.1, 0.15) is 5.75 Å². The van der Waals surface area contributed by atoms with Crippen molar-refractivity contribution in [3.8, 4) is 5.75 Å². The molecule has 0 saturated carbocycles. The van der Waals surface area contributed by atoms with Crippen LogP contribution in [0, 0.1) is 5.92 Å². The van der Waals surface area contributed by atoms with Gasteiger partial charge < -0.3 is 14.8 Å². The number of carbonyl (C=O) groups excluding carboxylic acids is 1. The number of ether oxygens (including phenoxy) is 2. The van der Waals surface area contributed by atoms with Crippen LogP contribution in [-0.2, 0) is 4.74 Å². The second kappa shape index (κ2) is 7.93. The minimum absolute atomic E-state index is 0.0243. The average molecular weight is 299 g/mol. The molecule has 1 aliphatic rings. The van der Waals surface area contributed by atoms with Gasteiger partial charge in [0.2, 0.25) is 0 Å². The van der Waals surface area contributed by atoms with Crippen LogP contribution in [0.4, 0.5) is 8.78 Å². The summed E-state index contributed by atoms with van der Waals surface area (Å²) in [5, 5.41) is 3.29. The minimum atomic E-state index is -2.87. The Balaban J connectivity index is 1.74. The molecule has 0 amide bonds. The Morgan fingerprint density at radius 2 is 1.90 bits per heavy atom. The van der Waals surface area contributed by atoms with Gasteiger partial charge in [-0.1, -0.05) is 0 Å². The maximum Gasteiger partial charge on any atom is 0.387 e. The number of halogens is 2. The zero-order valence-corrected chi connectivity index (χ0v) is 11.7. The first-order valence-corrected chi connectivity index (χ1v) is 7.08. The van der Waals surface area contributed by atoms with Gasteiger partial charge in [-0.15, -0.1) is 0 Å². The highest BCUT2D eigenvalue weighted by atomic mass is 19.3. The predicted octanol–water partition coefficient (Wildman–Crippen LogP) is 2.83. The highest BCUT2D eigenvalue weighted by Gasteiger charge is 2.14. The van der Waals surface area contributed by atoms with Crippen molar-refractivity contribution >= 4 is 5.97 Å². The predicted molar refractivity (Wildman–Crippen MR) is 73.6 cm³/mol. The Morgan fingerprint density at radius 1 is 1.24 bits per heavy atom. The molecule has 4 nitrogen and oxygen atoms in total. The molecule has 0 aromatic heterocycles. The molecular formula is C15H19F2NO3. The molecule has 0 bridgehead atoms. The molecular weight excluding hydrogens is 280 g/mol. The van der Waals surface area contributed by atoms with Crippen LogP contribution >= 0.6 is 0 Å². The molecule has 1 fully saturated rings. The van der Waals surface area contributed by atoms with Crippen molar-refractivity contribution in [1.29, 1.82) is 0 Å². The Labute approximate surface area is 122 Å². The normalized spacial score (nSPS) is 16.0. The lowest BCUT2D eigenvalue weighted by molar-refractivity contribution is -0.0498. The minimum Gasteiger partial charge on any atom is -0.462 e. The van der Waals surface area contributed by atoms with Crippen molar-refractivity contribution in [2.45, 2.75) is 25.9 Å². The number of alkyl halides is 2. The molecule has 2 rings (SSSR count). The first-order chi connectivity index (χ1) is 10.1. The molecule has 1 N–H and O–H groups in total. The fourth-order valence-electron chi connectivity index (χ4n) is 2.34. The van der Waals surface area contributed by atoms with Crippen molar-refractivity contribution in [2.75, 3.05) is 19.7 Å². The van der Waals surface area contributed by atoms with Gasteiger partial charge in [-0.05, 0) is 62.5 Å². The second-order valence-corrected chi connectivity index (χ2v) is 5.02. The van der Waals surface area contributed by atoms with Gasteiger partial charge in [-0.2, -0.15) is 8.78 Å². The molecule has 0 aliphatic carbocycles. The van der Waals surface area contributed by atoms with Crippen LogP contribution in [0.2, 0.25) is 0 Å². The maximum absolute atomic E-state index is 12.0. The molecule has 1 heterocycles. The van der Waals surface area contributed by atoms with Crippen molar-refractivity contribution in [3.63, 3.8) is 0 Å². The molecule has 0 radical (unpaired) electrons. The van der Waals surface area contributed by atoms with Crippen molar-refractivity contribution in [2.24, 2.45) is 5.92 Å². The monoisotopic (exact) mass is 299 g/mol. The summed E-state index contributed by atoms with van der Waals surface area (Å²) in [5.74, 6) is 0.185. The average Bonchev–Trinajstić information content (AvgIpc) is 2.48. The number of hydrogen-bond acceptors (Lipinski definition) is 4. The molecule has 0 unspecified atom stereocenters. The summed E-state index contributed by atoms with van der Waals surface area (Å²) in [6.07, 6.45) is 3.08. The summed E-state index contributed by atoms with van der Waals surface area (Å²) in [6.45, 7) is -0.444. The van der Waals surface area contributed by atoms with E-state index in [4.69, 9.17) is 4.74 Å². The number of carbonyl (C=O) groups is 1. The summed E-state index contributed by atoms with van der Waals surface area (Å²) in [6, 6.07) is 5.50. The molecule has 21 heavy (non-hydrogen) atoms. The Hall–Kier alpha value is -1.69. The van der Waals surface area contributed by atoms with Crippen LogP contribution in [0.25, 0.3) is 0 Å². The molecule has 0 spiro atoms. The lowest BCUT2D eigenvalue weighted by Gasteiger charge is -2.22. The van der Waals surface area contributed by atoms with Crippen LogP contribution < -0.4 is 10.1 Å². The van der Waals surface area contributed by atoms with E-state index in [9.17, 15) is 13.6 Å². The smallest absolute Gasteiger partial charge is 0.387 e. The first-order valence-electron chi connectivity index (χ1n) is 7.08. The van der Waals surface area contributed by atoms with E-state index in [2.05, 4.69) is 10.1 Å². The topological polar surface area (TPSA) is 47.6 Å². The summed E-state index contributed by atoms with van der Waals surface area (Å²) in [4.78, 5) is 11.8. The third-order valence-corrected chi connectivity index (χ3v) is 3.53. The summed E-state index contributed by atoms with van der Waals surface area (Å²) in [7, 11) is 0. The standard InChI is InChI=1S/C15H19F2NO3/c16-15(17)21-13-3-1-12(2-4-13)14(19)20-10-7-11-5-8-18-9-6-11/h1-4,11,15,18H,5-10H2. The number of esters is 1. The maximum atomic E-state index is 12.0. The fourth-order valence-corrected chi connectivity index (χ4v) is 2.34. The van der Waals surface area contributed by atoms with Gasteiger partial charge in [0, 0.05) is 0 Å². The molecule has 0 atom stereocenters. The Bertz CT molecular complexity index is 445. The first kappa shape index (κ1) is 15.7. The quantitative estimate of drug-likeness (QED) is 0.821. The lowest BCUT2D eigenvalue weighted by atomic mass is 9.95. The highest BCUT2D eigenvalue weighted by molar-refractivity contribution is 5.89. The van der Waals surface area contributed by atoms with Gasteiger partial charge in [0.15, 0.2) is 0 Å². The molecule has 1 aromatic carbocycles. The van der Waals surface area contributed by atoms with Gasteiger partial charge in [0.25, 0.3) is 0 Å². The number of rotatable bonds is 6. The third-order valence-electron chi connectivity index (χ3n) is 3.53. The van der Waals surface area contributed by atoms with Crippen LogP contribution in [-0.4, -0.2) is 32.3 Å². The van der Waals surface area contributed by atoms with Gasteiger partial charge in [0.05, 0.1) is 12.2 Å². The largest absolute Gasteiger partial charge is 0.462 e. The van der Waals surface area contributed by atoms with Crippen LogP contribution in [0.15, 0.2) is 24.3 Å². The summed E-state index contributed by atoms with van der Waals surface area (Å²) < 4.78 is 33.4. The Kier molecular flexibility index (Phi) is 5.92. The summed E-state index contributed by atoms with van der Waals surface area (Å²) >= 11 is 0. The van der Waals surface area contributed by atoms with E-state index in [0.717, 1.165) is 32.4 Å². The van der Waals surface area contributed by atoms with E-state index in [1.165, 1.54) is 24.3 Å². The molecule has 116 valence electrons. The van der Waals surface area contributed by atoms with Crippen molar-refractivity contribution in [1.82, 2.24) is 5.32 Å². The molecule has 6 heteroatoms. The van der Waals surface area contributed by atoms with E-state index in [-0.39, 0.29) is 5.75 Å². The zero-order chi connectivity index (χ0) is 15.1. The fraction of sp³-hybridized carbons (Fsp3) is 0.533. The summed E-state index contributed by atoms with van der Waals surface area (Å²) in [5.41, 5.74) is 0.335. The van der Waals surface area contributed by atoms with Gasteiger partial charge in [-0.3, -0.25) is 0 Å². The number of hydrogen-bond donors (Lipinski definition) is 1. The third kappa shape index (κ3) is 5.30. The molecule has 1 aliphatic heterocycles. The second-order valence-electron chi connectivity index (χ2n) is 5.02. The SMILES string of the molecule is O=C(OCCC1CCNCC1)c1ccc(OC(F)F)cc1. The molecule has 1 saturated heterocycles. The number of benzene rings is 1. The van der Waals surface area contributed by atoms with E-state index >= 15 is 0 Å². The Morgan fingerprint density at radius 3 is 2.52 bits per heavy atom. The van der Waals surface area contributed by atoms with Crippen molar-refractivity contribution in [3.05, 3.63) is 29.8 Å². The van der Waals surface area contributed by atoms with E-state index in [0.29, 0.717) is 18.1 Å². The number of nitrogens with one attached hydrogen (secondary N) is 1. The number of piperidine rings is 1. The highest BCUT2D eigenvalue weighted by Crippen LogP contribution is 2.17.